The zero-order valence-electron chi connectivity index (χ0n) is 23.6. The lowest BCUT2D eigenvalue weighted by atomic mass is 9.87. The van der Waals surface area contributed by atoms with Crippen LogP contribution in [0.2, 0.25) is 0 Å². The highest BCUT2D eigenvalue weighted by molar-refractivity contribution is 5.92. The summed E-state index contributed by atoms with van der Waals surface area (Å²) in [5, 5.41) is 1.22. The van der Waals surface area contributed by atoms with Gasteiger partial charge in [-0.15, -0.1) is 0 Å². The number of likely N-dealkylation sites (tertiary alicyclic amines) is 2. The van der Waals surface area contributed by atoms with E-state index in [0.29, 0.717) is 5.92 Å². The third kappa shape index (κ3) is 6.95. The lowest BCUT2D eigenvalue weighted by Crippen LogP contribution is -2.48. The van der Waals surface area contributed by atoms with E-state index in [1.165, 1.54) is 74.9 Å². The summed E-state index contributed by atoms with van der Waals surface area (Å²) in [5.41, 5.74) is 5.41. The summed E-state index contributed by atoms with van der Waals surface area (Å²) in [6.45, 7) is 15.4. The molecule has 1 aromatic carbocycles. The monoisotopic (exact) mass is 525 g/mol. The molecule has 2 fully saturated rings. The SMILES string of the molecule is C=C/C=C(\C=C(/C)OC(F)F)c1[nH]c2ccc(C3CCN(C4CCN(CC(C)C)CC4)CC3)cc2c1CC. The van der Waals surface area contributed by atoms with Gasteiger partial charge in [0.15, 0.2) is 0 Å². The van der Waals surface area contributed by atoms with Crippen molar-refractivity contribution < 1.29 is 13.5 Å². The summed E-state index contributed by atoms with van der Waals surface area (Å²) < 4.78 is 30.1. The van der Waals surface area contributed by atoms with Crippen LogP contribution < -0.4 is 0 Å². The molecule has 4 nitrogen and oxygen atoms in total. The summed E-state index contributed by atoms with van der Waals surface area (Å²) in [4.78, 5) is 8.92. The summed E-state index contributed by atoms with van der Waals surface area (Å²) in [7, 11) is 0. The van der Waals surface area contributed by atoms with Crippen LogP contribution in [0, 0.1) is 5.92 Å². The number of fused-ring (bicyclic) bond motifs is 1. The van der Waals surface area contributed by atoms with Crippen LogP contribution in [0.4, 0.5) is 8.78 Å². The standard InChI is InChI=1S/C32H45F2N3O/c1-6-8-26(19-23(5)38-32(33)34)31-28(7-2)29-20-25(9-10-30(29)35-31)24-11-17-37(18-12-24)27-13-15-36(16-14-27)21-22(3)4/h6,8-10,19-20,22,24,27,32,35H,1,7,11-18,21H2,2-5H3/b23-19+,26-8+. The van der Waals surface area contributed by atoms with E-state index >= 15 is 0 Å². The van der Waals surface area contributed by atoms with E-state index in [2.05, 4.69) is 65.1 Å². The van der Waals surface area contributed by atoms with Crippen LogP contribution in [0.3, 0.4) is 0 Å². The van der Waals surface area contributed by atoms with Gasteiger partial charge in [-0.05, 0) is 106 Å². The minimum absolute atomic E-state index is 0.173. The highest BCUT2D eigenvalue weighted by atomic mass is 19.3. The molecule has 2 aliphatic heterocycles. The molecule has 3 heterocycles. The van der Waals surface area contributed by atoms with Gasteiger partial charge in [-0.2, -0.15) is 8.78 Å². The molecule has 2 saturated heterocycles. The van der Waals surface area contributed by atoms with Crippen LogP contribution >= 0.6 is 0 Å². The van der Waals surface area contributed by atoms with E-state index in [4.69, 9.17) is 0 Å². The molecule has 1 aromatic heterocycles. The van der Waals surface area contributed by atoms with Crippen molar-refractivity contribution in [2.24, 2.45) is 5.92 Å². The van der Waals surface area contributed by atoms with Gasteiger partial charge in [0.05, 0.1) is 0 Å². The van der Waals surface area contributed by atoms with E-state index < -0.39 is 6.61 Å². The van der Waals surface area contributed by atoms with Gasteiger partial charge in [0.2, 0.25) is 0 Å². The summed E-state index contributed by atoms with van der Waals surface area (Å²) in [6, 6.07) is 7.55. The number of ether oxygens (including phenoxy) is 1. The van der Waals surface area contributed by atoms with Crippen LogP contribution in [-0.2, 0) is 11.2 Å². The third-order valence-corrected chi connectivity index (χ3v) is 8.20. The number of aryl methyl sites for hydroxylation is 1. The van der Waals surface area contributed by atoms with Gasteiger partial charge in [-0.1, -0.05) is 45.6 Å². The molecule has 0 atom stereocenters. The molecule has 2 aliphatic rings. The third-order valence-electron chi connectivity index (χ3n) is 8.20. The first-order valence-corrected chi connectivity index (χ1v) is 14.4. The number of allylic oxidation sites excluding steroid dienone is 5. The highest BCUT2D eigenvalue weighted by Crippen LogP contribution is 2.35. The Bertz CT molecular complexity index is 1130. The minimum atomic E-state index is -2.84. The molecule has 0 radical (unpaired) electrons. The van der Waals surface area contributed by atoms with Crippen molar-refractivity contribution in [3.8, 4) is 0 Å². The topological polar surface area (TPSA) is 31.5 Å². The zero-order valence-corrected chi connectivity index (χ0v) is 23.6. The van der Waals surface area contributed by atoms with E-state index in [1.54, 1.807) is 19.1 Å². The number of hydrogen-bond donors (Lipinski definition) is 1. The van der Waals surface area contributed by atoms with Gasteiger partial charge in [0.25, 0.3) is 0 Å². The van der Waals surface area contributed by atoms with Crippen molar-refractivity contribution in [1.29, 1.82) is 0 Å². The molecule has 0 saturated carbocycles. The van der Waals surface area contributed by atoms with Crippen molar-refractivity contribution >= 4 is 16.5 Å². The second kappa shape index (κ2) is 13.1. The van der Waals surface area contributed by atoms with Crippen molar-refractivity contribution in [3.05, 3.63) is 65.6 Å². The fourth-order valence-electron chi connectivity index (χ4n) is 6.44. The van der Waals surface area contributed by atoms with Crippen LogP contribution in [0.25, 0.3) is 16.5 Å². The fourth-order valence-corrected chi connectivity index (χ4v) is 6.44. The second-order valence-corrected chi connectivity index (χ2v) is 11.4. The number of piperidine rings is 2. The number of nitrogens with zero attached hydrogens (tertiary/aromatic N) is 2. The lowest BCUT2D eigenvalue weighted by Gasteiger charge is -2.42. The largest absolute Gasteiger partial charge is 0.440 e. The molecule has 4 rings (SSSR count). The van der Waals surface area contributed by atoms with Crippen LogP contribution in [0.5, 0.6) is 0 Å². The molecule has 208 valence electrons. The Morgan fingerprint density at radius 1 is 1.13 bits per heavy atom. The maximum absolute atomic E-state index is 12.7. The van der Waals surface area contributed by atoms with E-state index in [9.17, 15) is 8.78 Å². The molecule has 0 amide bonds. The Kier molecular flexibility index (Phi) is 9.83. The van der Waals surface area contributed by atoms with Crippen molar-refractivity contribution in [3.63, 3.8) is 0 Å². The van der Waals surface area contributed by atoms with Crippen LogP contribution in [0.1, 0.15) is 76.1 Å². The molecule has 0 aliphatic carbocycles. The molecular formula is C32H45F2N3O. The Morgan fingerprint density at radius 3 is 2.45 bits per heavy atom. The van der Waals surface area contributed by atoms with Crippen LogP contribution in [0.15, 0.2) is 48.8 Å². The number of halogens is 2. The molecule has 0 unspecified atom stereocenters. The molecule has 6 heteroatoms. The van der Waals surface area contributed by atoms with Gasteiger partial charge in [0.1, 0.15) is 5.76 Å². The first-order chi connectivity index (χ1) is 18.3. The van der Waals surface area contributed by atoms with Crippen molar-refractivity contribution in [2.45, 2.75) is 78.4 Å². The number of aromatic nitrogens is 1. The Hall–Kier alpha value is -2.44. The maximum atomic E-state index is 12.7. The predicted molar refractivity (Wildman–Crippen MR) is 155 cm³/mol. The van der Waals surface area contributed by atoms with E-state index in [1.807, 2.05) is 6.08 Å². The summed E-state index contributed by atoms with van der Waals surface area (Å²) >= 11 is 0. The normalized spacial score (nSPS) is 19.7. The Labute approximate surface area is 227 Å². The average Bonchev–Trinajstić information content (AvgIpc) is 3.26. The molecule has 0 spiro atoms. The van der Waals surface area contributed by atoms with Gasteiger partial charge in [0, 0.05) is 34.8 Å². The number of hydrogen-bond acceptors (Lipinski definition) is 3. The molecule has 38 heavy (non-hydrogen) atoms. The fraction of sp³-hybridized carbons (Fsp3) is 0.562. The van der Waals surface area contributed by atoms with E-state index in [-0.39, 0.29) is 5.76 Å². The number of nitrogens with one attached hydrogen (secondary N) is 1. The lowest BCUT2D eigenvalue weighted by molar-refractivity contribution is -0.0952. The first-order valence-electron chi connectivity index (χ1n) is 14.4. The molecular weight excluding hydrogens is 480 g/mol. The van der Waals surface area contributed by atoms with Gasteiger partial charge in [-0.25, -0.2) is 0 Å². The van der Waals surface area contributed by atoms with Crippen molar-refractivity contribution in [1.82, 2.24) is 14.8 Å². The van der Waals surface area contributed by atoms with Gasteiger partial charge in [-0.3, -0.25) is 0 Å². The highest BCUT2D eigenvalue weighted by Gasteiger charge is 2.29. The Morgan fingerprint density at radius 2 is 1.84 bits per heavy atom. The number of rotatable bonds is 10. The van der Waals surface area contributed by atoms with Crippen molar-refractivity contribution in [2.75, 3.05) is 32.7 Å². The second-order valence-electron chi connectivity index (χ2n) is 11.4. The van der Waals surface area contributed by atoms with E-state index in [0.717, 1.165) is 35.2 Å². The van der Waals surface area contributed by atoms with Crippen LogP contribution in [-0.4, -0.2) is 60.2 Å². The number of aromatic amines is 1. The minimum Gasteiger partial charge on any atom is -0.440 e. The maximum Gasteiger partial charge on any atom is 0.387 e. The van der Waals surface area contributed by atoms with Gasteiger partial charge < -0.3 is 19.5 Å². The zero-order chi connectivity index (χ0) is 27.2. The number of alkyl halides is 2. The van der Waals surface area contributed by atoms with Gasteiger partial charge >= 0.3 is 6.61 Å². The number of benzene rings is 1. The quantitative estimate of drug-likeness (QED) is 0.254. The first kappa shape index (κ1) is 28.6. The Balaban J connectivity index is 1.47. The summed E-state index contributed by atoms with van der Waals surface area (Å²) in [5.74, 6) is 1.49. The smallest absolute Gasteiger partial charge is 0.387 e. The average molecular weight is 526 g/mol. The summed E-state index contributed by atoms with van der Waals surface area (Å²) in [6.07, 6.45) is 11.0. The molecule has 1 N–H and O–H groups in total. The molecule has 0 bridgehead atoms. The predicted octanol–water partition coefficient (Wildman–Crippen LogP) is 7.74. The molecule has 2 aromatic rings. The number of H-pyrrole nitrogens is 1.